The first-order valence-electron chi connectivity index (χ1n) is 7.48. The molecule has 3 atom stereocenters. The van der Waals surface area contributed by atoms with Crippen LogP contribution in [0.5, 0.6) is 0 Å². The normalized spacial score (nSPS) is 13.8. The molecule has 148 valence electrons. The summed E-state index contributed by atoms with van der Waals surface area (Å²) in [6, 6.07) is -3.67. The fourth-order valence-corrected chi connectivity index (χ4v) is 1.80. The molecule has 12 nitrogen and oxygen atoms in total. The van der Waals surface area contributed by atoms with Crippen molar-refractivity contribution in [2.45, 2.75) is 31.0 Å². The van der Waals surface area contributed by atoms with Crippen molar-refractivity contribution in [3.8, 4) is 0 Å². The number of carboxylic acid groups (broad SMARTS) is 1. The van der Waals surface area contributed by atoms with Crippen LogP contribution in [0.1, 0.15) is 12.8 Å². The van der Waals surface area contributed by atoms with Gasteiger partial charge in [0.2, 0.25) is 23.6 Å². The molecule has 9 N–H and O–H groups in total. The van der Waals surface area contributed by atoms with E-state index in [2.05, 4.69) is 23.3 Å². The Morgan fingerprint density at radius 3 is 2.12 bits per heavy atom. The predicted octanol–water partition coefficient (Wildman–Crippen LogP) is -4.33. The molecule has 0 bridgehead atoms. The summed E-state index contributed by atoms with van der Waals surface area (Å²) < 4.78 is 0. The molecule has 0 aliphatic carbocycles. The number of aliphatic hydroxyl groups excluding tert-OH is 1. The van der Waals surface area contributed by atoms with Gasteiger partial charge in [-0.3, -0.25) is 19.2 Å². The van der Waals surface area contributed by atoms with E-state index in [0.717, 1.165) is 0 Å². The summed E-state index contributed by atoms with van der Waals surface area (Å²) in [6.07, 6.45) is -0.325. The average Bonchev–Trinajstić information content (AvgIpc) is 2.59. The van der Waals surface area contributed by atoms with Crippen LogP contribution in [0.3, 0.4) is 0 Å². The van der Waals surface area contributed by atoms with E-state index in [9.17, 15) is 24.0 Å². The van der Waals surface area contributed by atoms with E-state index >= 15 is 0 Å². The summed E-state index contributed by atoms with van der Waals surface area (Å²) in [5, 5.41) is 24.0. The first kappa shape index (κ1) is 23.6. The number of amides is 4. The molecule has 0 aromatic carbocycles. The topological polar surface area (TPSA) is 214 Å². The number of hydrogen-bond donors (Lipinski definition) is 8. The van der Waals surface area contributed by atoms with E-state index in [1.54, 1.807) is 0 Å². The Morgan fingerprint density at radius 2 is 1.65 bits per heavy atom. The minimum absolute atomic E-state index is 0.0239. The molecule has 0 rings (SSSR count). The Labute approximate surface area is 154 Å². The highest BCUT2D eigenvalue weighted by atomic mass is 32.1. The molecule has 0 saturated heterocycles. The highest BCUT2D eigenvalue weighted by molar-refractivity contribution is 7.80. The lowest BCUT2D eigenvalue weighted by molar-refractivity contribution is -0.142. The Morgan fingerprint density at radius 1 is 1.04 bits per heavy atom. The molecule has 0 saturated carbocycles. The van der Waals surface area contributed by atoms with Crippen molar-refractivity contribution < 1.29 is 34.2 Å². The number of rotatable bonds is 12. The maximum absolute atomic E-state index is 12.1. The number of nitrogens with one attached hydrogen (secondary N) is 3. The summed E-state index contributed by atoms with van der Waals surface area (Å²) in [6.45, 7) is -1.43. The molecular formula is C13H23N5O7S. The maximum Gasteiger partial charge on any atom is 0.328 e. The Bertz CT molecular complexity index is 545. The second kappa shape index (κ2) is 12.1. The van der Waals surface area contributed by atoms with E-state index in [0.29, 0.717) is 0 Å². The molecule has 0 aromatic heterocycles. The molecule has 26 heavy (non-hydrogen) atoms. The number of thiol groups is 1. The molecule has 0 aromatic rings. The molecule has 0 heterocycles. The quantitative estimate of drug-likeness (QED) is 0.151. The van der Waals surface area contributed by atoms with Crippen LogP contribution in [0.4, 0.5) is 0 Å². The smallest absolute Gasteiger partial charge is 0.328 e. The fraction of sp³-hybridized carbons (Fsp3) is 0.615. The van der Waals surface area contributed by atoms with Crippen LogP contribution in [0.25, 0.3) is 0 Å². The minimum Gasteiger partial charge on any atom is -0.480 e. The van der Waals surface area contributed by atoms with Gasteiger partial charge in [0.15, 0.2) is 0 Å². The van der Waals surface area contributed by atoms with Crippen LogP contribution >= 0.6 is 12.6 Å². The molecule has 3 unspecified atom stereocenters. The molecule has 0 radical (unpaired) electrons. The lowest BCUT2D eigenvalue weighted by atomic mass is 10.1. The number of carbonyl (C=O) groups is 5. The van der Waals surface area contributed by atoms with Gasteiger partial charge in [0, 0.05) is 12.2 Å². The van der Waals surface area contributed by atoms with Crippen LogP contribution in [-0.2, 0) is 24.0 Å². The van der Waals surface area contributed by atoms with Crippen molar-refractivity contribution in [2.24, 2.45) is 11.5 Å². The number of aliphatic carboxylic acids is 1. The monoisotopic (exact) mass is 393 g/mol. The van der Waals surface area contributed by atoms with Crippen LogP contribution in [0.15, 0.2) is 0 Å². The second-order valence-corrected chi connectivity index (χ2v) is 5.58. The third kappa shape index (κ3) is 9.19. The van der Waals surface area contributed by atoms with Crippen LogP contribution in [-0.4, -0.2) is 76.8 Å². The van der Waals surface area contributed by atoms with Crippen LogP contribution in [0, 0.1) is 0 Å². The van der Waals surface area contributed by atoms with Crippen LogP contribution < -0.4 is 27.4 Å². The van der Waals surface area contributed by atoms with Crippen molar-refractivity contribution in [3.05, 3.63) is 0 Å². The zero-order valence-electron chi connectivity index (χ0n) is 13.8. The van der Waals surface area contributed by atoms with Gasteiger partial charge in [0.1, 0.15) is 12.1 Å². The van der Waals surface area contributed by atoms with Crippen molar-refractivity contribution in [1.82, 2.24) is 16.0 Å². The molecular weight excluding hydrogens is 370 g/mol. The van der Waals surface area contributed by atoms with Crippen LogP contribution in [0.2, 0.25) is 0 Å². The molecule has 13 heteroatoms. The Hall–Kier alpha value is -2.38. The third-order valence-corrected chi connectivity index (χ3v) is 3.48. The van der Waals surface area contributed by atoms with Gasteiger partial charge in [-0.05, 0) is 6.42 Å². The number of hydrogen-bond acceptors (Lipinski definition) is 8. The van der Waals surface area contributed by atoms with Crippen molar-refractivity contribution in [1.29, 1.82) is 0 Å². The largest absolute Gasteiger partial charge is 0.480 e. The maximum atomic E-state index is 12.1. The van der Waals surface area contributed by atoms with E-state index in [-0.39, 0.29) is 18.6 Å². The number of carboxylic acids is 1. The molecule has 0 fully saturated rings. The summed E-state index contributed by atoms with van der Waals surface area (Å²) in [5.74, 6) is -4.46. The van der Waals surface area contributed by atoms with E-state index in [4.69, 9.17) is 21.7 Å². The zero-order chi connectivity index (χ0) is 20.3. The van der Waals surface area contributed by atoms with Gasteiger partial charge in [-0.2, -0.15) is 12.6 Å². The molecule has 0 aliphatic rings. The van der Waals surface area contributed by atoms with Gasteiger partial charge in [0.05, 0.1) is 19.2 Å². The van der Waals surface area contributed by atoms with Gasteiger partial charge in [-0.15, -0.1) is 0 Å². The van der Waals surface area contributed by atoms with Gasteiger partial charge in [-0.1, -0.05) is 0 Å². The third-order valence-electron chi connectivity index (χ3n) is 3.08. The first-order valence-corrected chi connectivity index (χ1v) is 8.11. The fourth-order valence-electron chi connectivity index (χ4n) is 1.64. The van der Waals surface area contributed by atoms with E-state index in [1.807, 2.05) is 5.32 Å². The van der Waals surface area contributed by atoms with Gasteiger partial charge < -0.3 is 37.6 Å². The number of primary amides is 1. The lowest BCUT2D eigenvalue weighted by Gasteiger charge is -2.20. The number of carbonyl (C=O) groups excluding carboxylic acids is 4. The highest BCUT2D eigenvalue weighted by Gasteiger charge is 2.25. The van der Waals surface area contributed by atoms with E-state index in [1.165, 1.54) is 0 Å². The Kier molecular flexibility index (Phi) is 10.9. The first-order chi connectivity index (χ1) is 12.1. The summed E-state index contributed by atoms with van der Waals surface area (Å²) in [7, 11) is 0. The van der Waals surface area contributed by atoms with Crippen molar-refractivity contribution in [2.75, 3.05) is 18.9 Å². The SMILES string of the molecule is NC(=O)CCC(NC(=O)C(N)CS)C(=O)NCC(=O)NC(CO)C(=O)O. The standard InChI is InChI=1S/C13H23N5O7S/c14-6(5-26)11(22)18-7(1-2-9(15)20)12(23)16-3-10(21)17-8(4-19)13(24)25/h6-8,19,26H,1-5,14H2,(H2,15,20)(H,16,23)(H,17,21)(H,18,22)(H,24,25). The summed E-state index contributed by atoms with van der Waals surface area (Å²) in [4.78, 5) is 57.1. The lowest BCUT2D eigenvalue weighted by Crippen LogP contribution is -2.54. The summed E-state index contributed by atoms with van der Waals surface area (Å²) in [5.41, 5.74) is 10.5. The van der Waals surface area contributed by atoms with Crippen molar-refractivity contribution >= 4 is 42.2 Å². The molecule has 4 amide bonds. The number of nitrogens with two attached hydrogens (primary N) is 2. The summed E-state index contributed by atoms with van der Waals surface area (Å²) >= 11 is 3.86. The van der Waals surface area contributed by atoms with Gasteiger partial charge >= 0.3 is 5.97 Å². The average molecular weight is 393 g/mol. The number of aliphatic hydroxyl groups is 1. The van der Waals surface area contributed by atoms with Gasteiger partial charge in [0.25, 0.3) is 0 Å². The second-order valence-electron chi connectivity index (χ2n) is 5.21. The van der Waals surface area contributed by atoms with Gasteiger partial charge in [-0.25, -0.2) is 4.79 Å². The zero-order valence-corrected chi connectivity index (χ0v) is 14.7. The minimum atomic E-state index is -1.52. The van der Waals surface area contributed by atoms with E-state index < -0.39 is 60.9 Å². The molecule has 0 aliphatic heterocycles. The van der Waals surface area contributed by atoms with Crippen molar-refractivity contribution in [3.63, 3.8) is 0 Å². The Balaban J connectivity index is 4.74. The molecule has 0 spiro atoms. The highest BCUT2D eigenvalue weighted by Crippen LogP contribution is 1.99. The predicted molar refractivity (Wildman–Crippen MR) is 91.8 cm³/mol.